The Bertz CT molecular complexity index is 762. The third-order valence-electron chi connectivity index (χ3n) is 3.03. The van der Waals surface area contributed by atoms with E-state index in [9.17, 15) is 9.59 Å². The van der Waals surface area contributed by atoms with E-state index in [4.69, 9.17) is 0 Å². The Morgan fingerprint density at radius 2 is 2.14 bits per heavy atom. The van der Waals surface area contributed by atoms with E-state index in [2.05, 4.69) is 31.2 Å². The Morgan fingerprint density at radius 1 is 1.36 bits per heavy atom. The number of halogens is 1. The molecule has 2 heterocycles. The quantitative estimate of drug-likeness (QED) is 0.612. The van der Waals surface area contributed by atoms with Crippen molar-refractivity contribution in [1.29, 1.82) is 0 Å². The van der Waals surface area contributed by atoms with Gasteiger partial charge in [-0.1, -0.05) is 27.7 Å². The van der Waals surface area contributed by atoms with Crippen molar-refractivity contribution >= 4 is 51.0 Å². The number of anilines is 1. The van der Waals surface area contributed by atoms with Crippen LogP contribution in [0.1, 0.15) is 11.3 Å². The lowest BCUT2D eigenvalue weighted by Crippen LogP contribution is -2.17. The van der Waals surface area contributed by atoms with Crippen molar-refractivity contribution in [1.82, 2.24) is 9.97 Å². The van der Waals surface area contributed by atoms with Crippen LogP contribution in [0.5, 0.6) is 0 Å². The highest BCUT2D eigenvalue weighted by Crippen LogP contribution is 2.26. The first kappa shape index (κ1) is 15.6. The number of benzene rings is 1. The van der Waals surface area contributed by atoms with Crippen LogP contribution in [0.15, 0.2) is 38.7 Å². The first-order valence-corrected chi connectivity index (χ1v) is 9.43. The van der Waals surface area contributed by atoms with Crippen LogP contribution in [-0.2, 0) is 16.3 Å². The lowest BCUT2D eigenvalue weighted by Gasteiger charge is -2.05. The molecule has 0 aliphatic carbocycles. The molecular formula is C14H12BrN3O2S2. The van der Waals surface area contributed by atoms with E-state index < -0.39 is 0 Å². The maximum absolute atomic E-state index is 11.9. The molecule has 0 bridgehead atoms. The topological polar surface area (TPSA) is 74.8 Å². The highest BCUT2D eigenvalue weighted by molar-refractivity contribution is 9.10. The molecular weight excluding hydrogens is 386 g/mol. The van der Waals surface area contributed by atoms with Gasteiger partial charge in [0.15, 0.2) is 5.16 Å². The number of nitrogens with one attached hydrogen (secondary N) is 2. The van der Waals surface area contributed by atoms with Crippen molar-refractivity contribution in [2.75, 3.05) is 11.1 Å². The van der Waals surface area contributed by atoms with Gasteiger partial charge in [0.05, 0.1) is 11.4 Å². The summed E-state index contributed by atoms with van der Waals surface area (Å²) in [5.41, 5.74) is 2.24. The summed E-state index contributed by atoms with van der Waals surface area (Å²) in [7, 11) is 0. The molecule has 0 unspecified atom stereocenters. The zero-order valence-electron chi connectivity index (χ0n) is 11.4. The van der Waals surface area contributed by atoms with Gasteiger partial charge in [-0.2, -0.15) is 11.8 Å². The van der Waals surface area contributed by atoms with Crippen LogP contribution >= 0.6 is 39.5 Å². The van der Waals surface area contributed by atoms with Crippen molar-refractivity contribution in [2.24, 2.45) is 0 Å². The second-order valence-corrected chi connectivity index (χ2v) is 7.50. The summed E-state index contributed by atoms with van der Waals surface area (Å²) >= 11 is 6.26. The highest BCUT2D eigenvalue weighted by atomic mass is 79.9. The zero-order valence-corrected chi connectivity index (χ0v) is 14.6. The molecule has 0 atom stereocenters. The molecule has 3 rings (SSSR count). The number of aromatic nitrogens is 2. The molecule has 5 nitrogen and oxygen atoms in total. The maximum atomic E-state index is 11.9. The fourth-order valence-electron chi connectivity index (χ4n) is 1.97. The van der Waals surface area contributed by atoms with Gasteiger partial charge in [0.2, 0.25) is 5.91 Å². The number of hydrogen-bond acceptors (Lipinski definition) is 5. The van der Waals surface area contributed by atoms with E-state index in [0.717, 1.165) is 27.2 Å². The summed E-state index contributed by atoms with van der Waals surface area (Å²) < 4.78 is 0.956. The van der Waals surface area contributed by atoms with Crippen molar-refractivity contribution in [3.63, 3.8) is 0 Å². The minimum atomic E-state index is -0.134. The maximum Gasteiger partial charge on any atom is 0.255 e. The smallest absolute Gasteiger partial charge is 0.255 e. The first-order chi connectivity index (χ1) is 10.6. The molecule has 22 heavy (non-hydrogen) atoms. The Labute approximate surface area is 143 Å². The lowest BCUT2D eigenvalue weighted by molar-refractivity contribution is -0.113. The van der Waals surface area contributed by atoms with Gasteiger partial charge in [-0.25, -0.2) is 4.98 Å². The molecule has 0 fully saturated rings. The third kappa shape index (κ3) is 3.74. The molecule has 1 amide bonds. The monoisotopic (exact) mass is 397 g/mol. The number of hydrogen-bond donors (Lipinski definition) is 2. The molecule has 8 heteroatoms. The van der Waals surface area contributed by atoms with Crippen LogP contribution in [0.3, 0.4) is 0 Å². The molecule has 1 aromatic heterocycles. The van der Waals surface area contributed by atoms with Crippen LogP contribution < -0.4 is 10.9 Å². The Kier molecular flexibility index (Phi) is 4.90. The molecule has 114 valence electrons. The van der Waals surface area contributed by atoms with Crippen LogP contribution in [-0.4, -0.2) is 21.6 Å². The number of thioether (sulfide) groups is 2. The van der Waals surface area contributed by atoms with E-state index in [0.29, 0.717) is 10.9 Å². The molecule has 1 aliphatic heterocycles. The summed E-state index contributed by atoms with van der Waals surface area (Å²) in [6.07, 6.45) is 0. The third-order valence-corrected chi connectivity index (χ3v) is 5.40. The van der Waals surface area contributed by atoms with E-state index >= 15 is 0 Å². The normalized spacial score (nSPS) is 13.0. The summed E-state index contributed by atoms with van der Waals surface area (Å²) in [6, 6.07) is 7.36. The number of nitrogens with zero attached hydrogens (tertiary/aromatic N) is 1. The number of fused-ring (bicyclic) bond motifs is 1. The Hall–Kier alpha value is -1.25. The fraction of sp³-hybridized carbons (Fsp3) is 0.214. The molecule has 2 N–H and O–H groups in total. The van der Waals surface area contributed by atoms with Gasteiger partial charge < -0.3 is 10.3 Å². The van der Waals surface area contributed by atoms with Gasteiger partial charge in [0.1, 0.15) is 0 Å². The van der Waals surface area contributed by atoms with E-state index in [1.807, 2.05) is 24.3 Å². The minimum Gasteiger partial charge on any atom is -0.325 e. The van der Waals surface area contributed by atoms with E-state index in [1.54, 1.807) is 11.8 Å². The average Bonchev–Trinajstić information content (AvgIpc) is 2.97. The zero-order chi connectivity index (χ0) is 15.5. The van der Waals surface area contributed by atoms with Crippen LogP contribution in [0.2, 0.25) is 0 Å². The van der Waals surface area contributed by atoms with Crippen LogP contribution in [0.25, 0.3) is 0 Å². The molecule has 1 aliphatic rings. The lowest BCUT2D eigenvalue weighted by atomic mass is 10.3. The number of H-pyrrole nitrogens is 1. The predicted molar refractivity (Wildman–Crippen MR) is 93.4 cm³/mol. The second-order valence-electron chi connectivity index (χ2n) is 4.63. The Morgan fingerprint density at radius 3 is 2.91 bits per heavy atom. The Balaban J connectivity index is 1.60. The molecule has 0 saturated carbocycles. The summed E-state index contributed by atoms with van der Waals surface area (Å²) in [4.78, 5) is 30.9. The van der Waals surface area contributed by atoms with Crippen molar-refractivity contribution in [2.45, 2.75) is 16.7 Å². The highest BCUT2D eigenvalue weighted by Gasteiger charge is 2.18. The fourth-order valence-corrected chi connectivity index (χ4v) is 3.95. The number of carbonyl (C=O) groups is 1. The summed E-state index contributed by atoms with van der Waals surface area (Å²) in [5.74, 6) is 1.54. The molecule has 0 spiro atoms. The predicted octanol–water partition coefficient (Wildman–Crippen LogP) is 3.01. The van der Waals surface area contributed by atoms with Gasteiger partial charge in [-0.05, 0) is 24.3 Å². The number of aromatic amines is 1. The standard InChI is InChI=1S/C14H12BrN3O2S2/c15-8-1-3-9(4-2-8)16-12(19)7-22-14-17-11-6-21-5-10(11)13(20)18-14/h1-4H,5-7H2,(H,16,19)(H,17,18,20). The van der Waals surface area contributed by atoms with Gasteiger partial charge in [-0.15, -0.1) is 0 Å². The van der Waals surface area contributed by atoms with Crippen molar-refractivity contribution < 1.29 is 4.79 Å². The van der Waals surface area contributed by atoms with Crippen LogP contribution in [0.4, 0.5) is 5.69 Å². The van der Waals surface area contributed by atoms with E-state index in [-0.39, 0.29) is 17.2 Å². The van der Waals surface area contributed by atoms with Gasteiger partial charge in [0, 0.05) is 27.2 Å². The largest absolute Gasteiger partial charge is 0.325 e. The molecule has 0 saturated heterocycles. The van der Waals surface area contributed by atoms with E-state index in [1.165, 1.54) is 11.8 Å². The van der Waals surface area contributed by atoms with Gasteiger partial charge >= 0.3 is 0 Å². The van der Waals surface area contributed by atoms with Gasteiger partial charge in [-0.3, -0.25) is 9.59 Å². The van der Waals surface area contributed by atoms with Crippen molar-refractivity contribution in [3.05, 3.63) is 50.3 Å². The summed E-state index contributed by atoms with van der Waals surface area (Å²) in [6.45, 7) is 0. The van der Waals surface area contributed by atoms with Crippen molar-refractivity contribution in [3.8, 4) is 0 Å². The van der Waals surface area contributed by atoms with Gasteiger partial charge in [0.25, 0.3) is 5.56 Å². The number of carbonyl (C=O) groups excluding carboxylic acids is 1. The molecule has 0 radical (unpaired) electrons. The average molecular weight is 398 g/mol. The number of rotatable bonds is 4. The molecule has 1 aromatic carbocycles. The number of amides is 1. The van der Waals surface area contributed by atoms with Crippen LogP contribution in [0, 0.1) is 0 Å². The summed E-state index contributed by atoms with van der Waals surface area (Å²) in [5, 5.41) is 3.30. The first-order valence-electron chi connectivity index (χ1n) is 6.50. The second kappa shape index (κ2) is 6.89. The minimum absolute atomic E-state index is 0.0918. The SMILES string of the molecule is O=C(CSc1nc2c(c(=O)[nH]1)CSC2)Nc1ccc(Br)cc1. The molecule has 2 aromatic rings.